The first kappa shape index (κ1) is 34.9. The van der Waals surface area contributed by atoms with Crippen molar-refractivity contribution >= 4 is 30.0 Å². The molecule has 0 radical (unpaired) electrons. The third kappa shape index (κ3) is 8.11. The molecule has 6 N–H and O–H groups in total. The second-order valence-corrected chi connectivity index (χ2v) is 12.4. The quantitative estimate of drug-likeness (QED) is 0.133. The molecule has 2 heterocycles. The van der Waals surface area contributed by atoms with E-state index in [2.05, 4.69) is 15.3 Å². The van der Waals surface area contributed by atoms with Crippen LogP contribution in [0.15, 0.2) is 17.1 Å². The molecule has 2 aliphatic rings. The monoisotopic (exact) mass is 614 g/mol. The van der Waals surface area contributed by atoms with Crippen molar-refractivity contribution in [2.45, 2.75) is 103 Å². The maximum Gasteiger partial charge on any atom is 0.323 e. The summed E-state index contributed by atoms with van der Waals surface area (Å²) in [5, 5.41) is 32.0. The molecule has 0 spiro atoms. The Morgan fingerprint density at radius 2 is 1.91 bits per heavy atom. The smallest absolute Gasteiger partial charge is 0.323 e. The minimum Gasteiger partial charge on any atom is -0.463 e. The van der Waals surface area contributed by atoms with Gasteiger partial charge >= 0.3 is 11.9 Å². The first-order valence-electron chi connectivity index (χ1n) is 15.3. The van der Waals surface area contributed by atoms with Gasteiger partial charge in [-0.15, -0.1) is 0 Å². The first-order valence-corrected chi connectivity index (χ1v) is 15.3. The van der Waals surface area contributed by atoms with Crippen LogP contribution < -0.4 is 11.1 Å². The summed E-state index contributed by atoms with van der Waals surface area (Å²) in [7, 11) is 0. The summed E-state index contributed by atoms with van der Waals surface area (Å²) in [4.78, 5) is 45.2. The number of nitrogens with two attached hydrogens (primary N) is 1. The average molecular weight is 615 g/mol. The van der Waals surface area contributed by atoms with Gasteiger partial charge < -0.3 is 35.4 Å². The molecule has 1 amide bonds. The lowest BCUT2D eigenvalue weighted by atomic mass is 9.87. The van der Waals surface area contributed by atoms with Crippen molar-refractivity contribution in [3.8, 4) is 6.07 Å². The number of H-pyrrole nitrogens is 1. The van der Waals surface area contributed by atoms with Crippen LogP contribution in [0.25, 0.3) is 0 Å². The minimum absolute atomic E-state index is 0.0309. The highest BCUT2D eigenvalue weighted by Crippen LogP contribution is 2.41. The van der Waals surface area contributed by atoms with Gasteiger partial charge in [0.05, 0.1) is 11.4 Å². The van der Waals surface area contributed by atoms with Gasteiger partial charge in [0.25, 0.3) is 0 Å². The maximum absolute atomic E-state index is 12.8. The van der Waals surface area contributed by atoms with Crippen LogP contribution in [0.4, 0.5) is 0 Å². The van der Waals surface area contributed by atoms with E-state index in [4.69, 9.17) is 25.4 Å². The zero-order valence-corrected chi connectivity index (χ0v) is 26.2. The number of amides is 1. The fraction of sp³-hybridized carbons (Fsp3) is 0.677. The molecular formula is C31H46N6O7. The molecule has 0 bridgehead atoms. The van der Waals surface area contributed by atoms with Gasteiger partial charge in [0.2, 0.25) is 11.5 Å². The predicted octanol–water partition coefficient (Wildman–Crippen LogP) is 2.66. The Morgan fingerprint density at radius 3 is 2.50 bits per heavy atom. The summed E-state index contributed by atoms with van der Waals surface area (Å²) in [6.07, 6.45) is 1.93. The van der Waals surface area contributed by atoms with E-state index >= 15 is 0 Å². The zero-order chi connectivity index (χ0) is 32.6. The van der Waals surface area contributed by atoms with Gasteiger partial charge in [0.15, 0.2) is 11.9 Å². The average Bonchev–Trinajstić information content (AvgIpc) is 3.59. The van der Waals surface area contributed by atoms with E-state index in [-0.39, 0.29) is 59.8 Å². The molecule has 1 saturated heterocycles. The number of nitriles is 1. The van der Waals surface area contributed by atoms with Gasteiger partial charge in [-0.1, -0.05) is 53.9 Å². The SMILES string of the molecule is CC(C)[C@H](N)C(=O)O[C@H]1[C@@H](O)[C@](C#N)(c2ccc(C(=NC=N)NC(=O)[C@H](C)C(C)C)[nH]2)O[C@@H]1COC(=O)CC1CCCCC1. The fourth-order valence-corrected chi connectivity index (χ4v) is 5.32. The lowest BCUT2D eigenvalue weighted by Crippen LogP contribution is -2.46. The molecule has 2 fully saturated rings. The van der Waals surface area contributed by atoms with Gasteiger partial charge in [0, 0.05) is 12.3 Å². The standard InChI is InChI=1S/C31H46N6O7/c1-17(2)19(5)29(40)37-28(35-16-33)21-11-12-23(36-21)31(15-32)27(39)26(43-30(41)25(34)18(3)4)22(44-31)14-42-24(38)13-20-9-7-6-8-10-20/h11-12,16-20,22,25-27,36,39H,6-10,13-14,34H2,1-5H3,(H2,33,35,37,40)/t19-,22-,25+,26-,27-,31+/m1/s1. The van der Waals surface area contributed by atoms with Crippen molar-refractivity contribution in [3.05, 3.63) is 23.5 Å². The Labute approximate surface area is 258 Å². The number of aliphatic hydroxyl groups is 1. The number of rotatable bonds is 12. The number of nitrogens with one attached hydrogen (secondary N) is 3. The highest BCUT2D eigenvalue weighted by atomic mass is 16.6. The molecule has 3 rings (SSSR count). The molecule has 13 nitrogen and oxygen atoms in total. The van der Waals surface area contributed by atoms with Crippen molar-refractivity contribution in [2.24, 2.45) is 34.4 Å². The Kier molecular flexibility index (Phi) is 12.2. The number of amidine groups is 1. The van der Waals surface area contributed by atoms with Crippen LogP contribution in [0.2, 0.25) is 0 Å². The topological polar surface area (TPSA) is 213 Å². The van der Waals surface area contributed by atoms with Gasteiger partial charge in [-0.05, 0) is 42.7 Å². The molecule has 44 heavy (non-hydrogen) atoms. The molecule has 0 aromatic carbocycles. The lowest BCUT2D eigenvalue weighted by Gasteiger charge is -2.25. The Balaban J connectivity index is 1.88. The van der Waals surface area contributed by atoms with Crippen molar-refractivity contribution in [1.82, 2.24) is 10.3 Å². The number of hydrogen-bond donors (Lipinski definition) is 5. The van der Waals surface area contributed by atoms with Crippen molar-refractivity contribution in [1.29, 1.82) is 10.7 Å². The van der Waals surface area contributed by atoms with Crippen molar-refractivity contribution < 1.29 is 33.7 Å². The summed E-state index contributed by atoms with van der Waals surface area (Å²) >= 11 is 0. The molecule has 242 valence electrons. The highest BCUT2D eigenvalue weighted by molar-refractivity contribution is 6.09. The van der Waals surface area contributed by atoms with E-state index in [0.717, 1.165) is 38.4 Å². The molecule has 6 atom stereocenters. The van der Waals surface area contributed by atoms with Crippen molar-refractivity contribution in [3.63, 3.8) is 0 Å². The van der Waals surface area contributed by atoms with Crippen LogP contribution in [0, 0.1) is 40.4 Å². The molecular weight excluding hydrogens is 568 g/mol. The second-order valence-electron chi connectivity index (χ2n) is 12.4. The molecule has 1 aromatic heterocycles. The summed E-state index contributed by atoms with van der Waals surface area (Å²) in [6.45, 7) is 8.70. The number of aliphatic hydroxyl groups excluding tert-OH is 1. The number of nitrogens with zero attached hydrogens (tertiary/aromatic N) is 2. The number of aromatic nitrogens is 1. The van der Waals surface area contributed by atoms with Crippen LogP contribution in [0.3, 0.4) is 0 Å². The van der Waals surface area contributed by atoms with Gasteiger partial charge in [-0.2, -0.15) is 5.26 Å². The summed E-state index contributed by atoms with van der Waals surface area (Å²) in [6, 6.07) is 3.99. The third-order valence-electron chi connectivity index (χ3n) is 8.62. The summed E-state index contributed by atoms with van der Waals surface area (Å²) in [5.74, 6) is -1.84. The fourth-order valence-electron chi connectivity index (χ4n) is 5.32. The molecule has 0 unspecified atom stereocenters. The molecule has 1 aliphatic heterocycles. The van der Waals surface area contributed by atoms with E-state index in [1.165, 1.54) is 12.1 Å². The van der Waals surface area contributed by atoms with Crippen LogP contribution in [0.5, 0.6) is 0 Å². The number of aromatic amines is 1. The Bertz CT molecular complexity index is 1250. The third-order valence-corrected chi connectivity index (χ3v) is 8.62. The second kappa shape index (κ2) is 15.4. The van der Waals surface area contributed by atoms with E-state index < -0.39 is 41.9 Å². The van der Waals surface area contributed by atoms with Crippen LogP contribution >= 0.6 is 0 Å². The number of aliphatic imine (C=N–C) groups is 1. The molecule has 1 saturated carbocycles. The van der Waals surface area contributed by atoms with E-state index in [1.807, 2.05) is 19.9 Å². The van der Waals surface area contributed by atoms with E-state index in [0.29, 0.717) is 0 Å². The number of hydrogen-bond acceptors (Lipinski definition) is 10. The van der Waals surface area contributed by atoms with E-state index in [9.17, 15) is 24.8 Å². The normalized spacial score (nSPS) is 25.7. The van der Waals surface area contributed by atoms with Gasteiger partial charge in [-0.25, -0.2) is 4.99 Å². The highest BCUT2D eigenvalue weighted by Gasteiger charge is 2.59. The number of ether oxygens (including phenoxy) is 3. The summed E-state index contributed by atoms with van der Waals surface area (Å²) < 4.78 is 17.2. The first-order chi connectivity index (χ1) is 20.8. The molecule has 1 aromatic rings. The predicted molar refractivity (Wildman–Crippen MR) is 161 cm³/mol. The molecule has 13 heteroatoms. The van der Waals surface area contributed by atoms with Crippen LogP contribution in [-0.4, -0.2) is 71.1 Å². The van der Waals surface area contributed by atoms with Crippen molar-refractivity contribution in [2.75, 3.05) is 6.61 Å². The number of esters is 2. The van der Waals surface area contributed by atoms with Gasteiger partial charge in [0.1, 0.15) is 37.3 Å². The van der Waals surface area contributed by atoms with Crippen LogP contribution in [0.1, 0.15) is 84.5 Å². The van der Waals surface area contributed by atoms with Crippen LogP contribution in [-0.2, 0) is 34.2 Å². The minimum atomic E-state index is -2.07. The Morgan fingerprint density at radius 1 is 1.23 bits per heavy atom. The maximum atomic E-state index is 12.8. The summed E-state index contributed by atoms with van der Waals surface area (Å²) in [5.41, 5.74) is 4.25. The zero-order valence-electron chi connectivity index (χ0n) is 26.2. The number of carbonyl (C=O) groups excluding carboxylic acids is 3. The molecule has 1 aliphatic carbocycles. The number of carbonyl (C=O) groups is 3. The van der Waals surface area contributed by atoms with E-state index in [1.54, 1.807) is 20.8 Å². The van der Waals surface area contributed by atoms with Gasteiger partial charge in [-0.3, -0.25) is 19.8 Å². The Hall–Kier alpha value is -3.60. The lowest BCUT2D eigenvalue weighted by molar-refractivity contribution is -0.162. The largest absolute Gasteiger partial charge is 0.463 e.